The van der Waals surface area contributed by atoms with Crippen LogP contribution in [0.5, 0.6) is 5.75 Å². The van der Waals surface area contributed by atoms with Crippen molar-refractivity contribution in [2.75, 3.05) is 27.4 Å². The molecule has 10 nitrogen and oxygen atoms in total. The van der Waals surface area contributed by atoms with Gasteiger partial charge in [-0.1, -0.05) is 19.9 Å². The van der Waals surface area contributed by atoms with E-state index in [9.17, 15) is 23.2 Å². The zero-order valence-electron chi connectivity index (χ0n) is 23.5. The Morgan fingerprint density at radius 3 is 2.54 bits per heavy atom. The monoisotopic (exact) mass is 569 g/mol. The zero-order valence-corrected chi connectivity index (χ0v) is 23.5. The summed E-state index contributed by atoms with van der Waals surface area (Å²) < 4.78 is 37.4. The zero-order chi connectivity index (χ0) is 30.7. The number of nitrogens with one attached hydrogen (secondary N) is 3. The fourth-order valence-electron chi connectivity index (χ4n) is 4.01. The molecule has 41 heavy (non-hydrogen) atoms. The number of carbonyl (C=O) groups excluding carboxylic acids is 3. The molecule has 5 rings (SSSR count). The van der Waals surface area contributed by atoms with Gasteiger partial charge in [0.1, 0.15) is 18.2 Å². The number of halogens is 2. The van der Waals surface area contributed by atoms with Crippen LogP contribution in [-0.2, 0) is 11.2 Å². The number of rotatable bonds is 5. The fourth-order valence-corrected chi connectivity index (χ4v) is 4.01. The summed E-state index contributed by atoms with van der Waals surface area (Å²) in [5.74, 6) is -0.345. The molecule has 1 aromatic carbocycles. The number of benzene rings is 1. The van der Waals surface area contributed by atoms with Crippen LogP contribution < -0.4 is 15.4 Å². The first-order chi connectivity index (χ1) is 19.7. The second-order valence-corrected chi connectivity index (χ2v) is 8.44. The number of H-pyrrole nitrogens is 1. The number of carbonyl (C=O) groups is 3. The lowest BCUT2D eigenvalue weighted by atomic mass is 9.98. The number of hydrogen-bond donors (Lipinski definition) is 3. The van der Waals surface area contributed by atoms with Gasteiger partial charge in [0.15, 0.2) is 17.6 Å². The molecule has 4 amide bonds. The number of methoxy groups -OCH3 is 1. The fraction of sp³-hybridized carbons (Fsp3) is 0.310. The third-order valence-corrected chi connectivity index (χ3v) is 6.07. The molecule has 0 saturated carbocycles. The van der Waals surface area contributed by atoms with Crippen LogP contribution in [0.4, 0.5) is 13.6 Å². The van der Waals surface area contributed by atoms with E-state index in [1.165, 1.54) is 18.2 Å². The summed E-state index contributed by atoms with van der Waals surface area (Å²) in [5, 5.41) is 11.0. The minimum Gasteiger partial charge on any atom is -0.494 e. The van der Waals surface area contributed by atoms with E-state index in [2.05, 4.69) is 33.7 Å². The third-order valence-electron chi connectivity index (χ3n) is 6.07. The van der Waals surface area contributed by atoms with E-state index in [0.29, 0.717) is 41.2 Å². The molecule has 2 aromatic heterocycles. The summed E-state index contributed by atoms with van der Waals surface area (Å²) in [4.78, 5) is 36.0. The minimum absolute atomic E-state index is 0.123. The molecule has 4 heterocycles. The molecule has 0 aliphatic carbocycles. The molecule has 0 spiro atoms. The van der Waals surface area contributed by atoms with E-state index >= 15 is 0 Å². The Balaban J connectivity index is 0.000000270. The van der Waals surface area contributed by atoms with Crippen molar-refractivity contribution >= 4 is 29.5 Å². The third kappa shape index (κ3) is 7.39. The van der Waals surface area contributed by atoms with Crippen LogP contribution >= 0.6 is 0 Å². The number of likely N-dealkylation sites (N-methyl/N-ethyl adjacent to an activating group) is 1. The normalized spacial score (nSPS) is 15.6. The van der Waals surface area contributed by atoms with Crippen LogP contribution in [-0.4, -0.2) is 60.3 Å². The Kier molecular flexibility index (Phi) is 11.8. The Bertz CT molecular complexity index is 1410. The second-order valence-electron chi connectivity index (χ2n) is 8.44. The van der Waals surface area contributed by atoms with Crippen molar-refractivity contribution in [3.05, 3.63) is 70.2 Å². The van der Waals surface area contributed by atoms with Gasteiger partial charge in [-0.2, -0.15) is 5.10 Å². The molecule has 3 aromatic rings. The largest absolute Gasteiger partial charge is 0.494 e. The van der Waals surface area contributed by atoms with E-state index in [0.717, 1.165) is 5.56 Å². The maximum atomic E-state index is 13.8. The first-order valence-corrected chi connectivity index (χ1v) is 12.6. The number of alkyl halides is 1. The SMILES string of the molecule is C#C.CC.COc1ccc2c(c1F)C(=O)N(C)CC2.Cc1oc(C2NC(=O)NC2=O)cc1/C=C(\CF)c1cn[nH]c1. The molecular weight excluding hydrogens is 536 g/mol. The van der Waals surface area contributed by atoms with Crippen molar-refractivity contribution in [1.29, 1.82) is 0 Å². The van der Waals surface area contributed by atoms with Crippen molar-refractivity contribution < 1.29 is 32.3 Å². The predicted octanol–water partition coefficient (Wildman–Crippen LogP) is 4.44. The average molecular weight is 570 g/mol. The van der Waals surface area contributed by atoms with Gasteiger partial charge in [-0.15, -0.1) is 12.8 Å². The van der Waals surface area contributed by atoms with E-state index in [-0.39, 0.29) is 17.2 Å². The van der Waals surface area contributed by atoms with Gasteiger partial charge < -0.3 is 19.4 Å². The summed E-state index contributed by atoms with van der Waals surface area (Å²) in [6.45, 7) is 5.67. The highest BCUT2D eigenvalue weighted by Crippen LogP contribution is 2.28. The first kappa shape index (κ1) is 32.3. The molecular formula is C29H33F2N5O5. The summed E-state index contributed by atoms with van der Waals surface area (Å²) >= 11 is 0. The number of aryl methyl sites for hydroxylation is 1. The van der Waals surface area contributed by atoms with Crippen molar-refractivity contribution in [2.45, 2.75) is 33.2 Å². The average Bonchev–Trinajstić information content (AvgIpc) is 3.72. The molecule has 2 aliphatic rings. The second kappa shape index (κ2) is 15.0. The number of nitrogens with zero attached hydrogens (tertiary/aromatic N) is 2. The number of terminal acetylenes is 1. The van der Waals surface area contributed by atoms with Crippen molar-refractivity contribution in [3.63, 3.8) is 0 Å². The molecule has 0 radical (unpaired) electrons. The number of hydrogen-bond acceptors (Lipinski definition) is 6. The van der Waals surface area contributed by atoms with Crippen LogP contribution in [0.1, 0.15) is 58.5 Å². The minimum atomic E-state index is -0.865. The quantitative estimate of drug-likeness (QED) is 0.308. The predicted molar refractivity (Wildman–Crippen MR) is 150 cm³/mol. The highest BCUT2D eigenvalue weighted by atomic mass is 19.1. The van der Waals surface area contributed by atoms with Gasteiger partial charge >= 0.3 is 6.03 Å². The number of imide groups is 1. The van der Waals surface area contributed by atoms with Gasteiger partial charge in [0, 0.05) is 30.9 Å². The summed E-state index contributed by atoms with van der Waals surface area (Å²) in [6, 6.07) is 3.50. The van der Waals surface area contributed by atoms with E-state index in [1.807, 2.05) is 13.8 Å². The molecule has 218 valence electrons. The maximum Gasteiger partial charge on any atom is 0.322 e. The Morgan fingerprint density at radius 1 is 1.27 bits per heavy atom. The lowest BCUT2D eigenvalue weighted by molar-refractivity contribution is -0.120. The van der Waals surface area contributed by atoms with Crippen LogP contribution in [0.3, 0.4) is 0 Å². The molecule has 1 atom stereocenters. The summed E-state index contributed by atoms with van der Waals surface area (Å²) in [6.07, 6.45) is 13.4. The van der Waals surface area contributed by atoms with Gasteiger partial charge in [0.05, 0.1) is 18.9 Å². The van der Waals surface area contributed by atoms with Gasteiger partial charge in [0.25, 0.3) is 11.8 Å². The molecule has 2 aliphatic heterocycles. The topological polar surface area (TPSA) is 130 Å². The van der Waals surface area contributed by atoms with Crippen LogP contribution in [0.2, 0.25) is 0 Å². The lowest BCUT2D eigenvalue weighted by Crippen LogP contribution is -2.35. The van der Waals surface area contributed by atoms with Gasteiger partial charge in [-0.3, -0.25) is 20.0 Å². The van der Waals surface area contributed by atoms with Crippen LogP contribution in [0, 0.1) is 25.6 Å². The number of fused-ring (bicyclic) bond motifs is 1. The summed E-state index contributed by atoms with van der Waals surface area (Å²) in [5.41, 5.74) is 2.62. The Hall–Kier alpha value is -4.92. The maximum absolute atomic E-state index is 13.8. The number of urea groups is 1. The molecule has 3 N–H and O–H groups in total. The van der Waals surface area contributed by atoms with Gasteiger partial charge in [-0.05, 0) is 42.7 Å². The Morgan fingerprint density at radius 2 is 1.98 bits per heavy atom. The molecule has 0 bridgehead atoms. The number of furan rings is 1. The van der Waals surface area contributed by atoms with Crippen molar-refractivity contribution in [3.8, 4) is 18.6 Å². The standard InChI is InChI=1S/C14H13FN4O3.C11H12FNO2.C2H6.C2H2/c1-7-8(2-9(4-15)10-5-16-17-6-10)3-11(22-7)12-13(20)19-14(21)18-12;1-13-6-5-7-3-4-8(15-2)10(12)9(7)11(13)14;2*1-2/h2-3,5-6,12H,4H2,1H3,(H,16,17)(H2,18,19,20,21);3-4H,5-6H2,1-2H3;1-2H3;1-2H/b9-2+;;;. The van der Waals surface area contributed by atoms with Crippen LogP contribution in [0.25, 0.3) is 11.6 Å². The highest BCUT2D eigenvalue weighted by molar-refractivity contribution is 6.04. The van der Waals surface area contributed by atoms with Crippen LogP contribution in [0.15, 0.2) is 35.0 Å². The van der Waals surface area contributed by atoms with E-state index < -0.39 is 30.5 Å². The Labute approximate surface area is 237 Å². The van der Waals surface area contributed by atoms with Crippen molar-refractivity contribution in [2.24, 2.45) is 0 Å². The highest BCUT2D eigenvalue weighted by Gasteiger charge is 2.33. The lowest BCUT2D eigenvalue weighted by Gasteiger charge is -2.25. The van der Waals surface area contributed by atoms with E-state index in [1.54, 1.807) is 44.4 Å². The molecule has 1 saturated heterocycles. The van der Waals surface area contributed by atoms with Crippen molar-refractivity contribution in [1.82, 2.24) is 25.7 Å². The van der Waals surface area contributed by atoms with Gasteiger partial charge in [0.2, 0.25) is 0 Å². The van der Waals surface area contributed by atoms with E-state index in [4.69, 9.17) is 9.15 Å². The number of amides is 4. The number of ether oxygens (including phenoxy) is 1. The molecule has 1 fully saturated rings. The number of allylic oxidation sites excluding steroid dienone is 1. The summed E-state index contributed by atoms with van der Waals surface area (Å²) in [7, 11) is 3.06. The first-order valence-electron chi connectivity index (χ1n) is 12.6. The number of aromatic nitrogens is 2. The van der Waals surface area contributed by atoms with Gasteiger partial charge in [-0.25, -0.2) is 13.6 Å². The number of aromatic amines is 1. The molecule has 1 unspecified atom stereocenters. The smallest absolute Gasteiger partial charge is 0.322 e. The molecule has 12 heteroatoms.